The Kier molecular flexibility index (Phi) is 2.36. The summed E-state index contributed by atoms with van der Waals surface area (Å²) in [7, 11) is -1.21. The highest BCUT2D eigenvalue weighted by Gasteiger charge is 2.11. The van der Waals surface area contributed by atoms with Crippen molar-refractivity contribution in [3.05, 3.63) is 35.7 Å². The van der Waals surface area contributed by atoms with Crippen molar-refractivity contribution in [3.8, 4) is 5.75 Å². The molecule has 1 unspecified atom stereocenters. The zero-order valence-corrected chi connectivity index (χ0v) is 9.10. The molecule has 0 aliphatic carbocycles. The summed E-state index contributed by atoms with van der Waals surface area (Å²) in [6, 6.07) is 5.04. The first-order valence-corrected chi connectivity index (χ1v) is 5.69. The minimum atomic E-state index is -1.21. The molecule has 4 heteroatoms. The largest absolute Gasteiger partial charge is 0.508 e. The van der Waals surface area contributed by atoms with Gasteiger partial charge < -0.3 is 10.1 Å². The lowest BCUT2D eigenvalue weighted by Crippen LogP contribution is -1.87. The maximum atomic E-state index is 11.6. The van der Waals surface area contributed by atoms with E-state index in [-0.39, 0.29) is 5.75 Å². The first-order valence-electron chi connectivity index (χ1n) is 4.48. The molecule has 0 fully saturated rings. The molecule has 0 amide bonds. The smallest absolute Gasteiger partial charge is 0.117 e. The van der Waals surface area contributed by atoms with Gasteiger partial charge in [-0.15, -0.1) is 0 Å². The normalized spacial score (nSPS) is 12.9. The van der Waals surface area contributed by atoms with Crippen LogP contribution in [0.25, 0.3) is 10.9 Å². The highest BCUT2D eigenvalue weighted by Crippen LogP contribution is 2.26. The maximum Gasteiger partial charge on any atom is 0.117 e. The summed E-state index contributed by atoms with van der Waals surface area (Å²) >= 11 is 0. The van der Waals surface area contributed by atoms with E-state index in [1.807, 2.05) is 6.92 Å². The Morgan fingerprint density at radius 1 is 1.53 bits per heavy atom. The molecule has 1 aromatic heterocycles. The molecule has 0 saturated carbocycles. The molecule has 0 bridgehead atoms. The third kappa shape index (κ3) is 1.57. The Hall–Kier alpha value is -1.55. The second-order valence-electron chi connectivity index (χ2n) is 3.27. The molecule has 1 heterocycles. The van der Waals surface area contributed by atoms with Gasteiger partial charge in [-0.2, -0.15) is 0 Å². The fraction of sp³-hybridized carbons (Fsp3) is 0.0909. The van der Waals surface area contributed by atoms with Crippen LogP contribution in [0.3, 0.4) is 0 Å². The molecule has 0 saturated heterocycles. The first kappa shape index (κ1) is 9.98. The molecule has 0 aliphatic heterocycles. The van der Waals surface area contributed by atoms with Gasteiger partial charge in [-0.1, -0.05) is 6.58 Å². The number of hydrogen-bond donors (Lipinski definition) is 2. The molecule has 2 aromatic rings. The molecule has 2 N–H and O–H groups in total. The Morgan fingerprint density at radius 2 is 2.27 bits per heavy atom. The second kappa shape index (κ2) is 3.55. The van der Waals surface area contributed by atoms with Gasteiger partial charge in [0.2, 0.25) is 0 Å². The summed E-state index contributed by atoms with van der Waals surface area (Å²) in [5, 5.41) is 12.3. The van der Waals surface area contributed by atoms with Crippen LogP contribution in [-0.4, -0.2) is 14.3 Å². The van der Waals surface area contributed by atoms with Crippen molar-refractivity contribution >= 4 is 21.7 Å². The van der Waals surface area contributed by atoms with Gasteiger partial charge in [0.15, 0.2) is 0 Å². The van der Waals surface area contributed by atoms with Crippen LogP contribution < -0.4 is 0 Å². The van der Waals surface area contributed by atoms with Gasteiger partial charge in [-0.05, 0) is 24.6 Å². The predicted octanol–water partition coefficient (Wildman–Crippen LogP) is 2.43. The van der Waals surface area contributed by atoms with E-state index in [4.69, 9.17) is 0 Å². The lowest BCUT2D eigenvalue weighted by atomic mass is 10.2. The van der Waals surface area contributed by atoms with Crippen molar-refractivity contribution in [1.29, 1.82) is 0 Å². The minimum Gasteiger partial charge on any atom is -0.508 e. The van der Waals surface area contributed by atoms with Crippen molar-refractivity contribution in [1.82, 2.24) is 4.98 Å². The number of phenolic OH excluding ortho intramolecular Hbond substituents is 1. The van der Waals surface area contributed by atoms with Gasteiger partial charge in [-0.25, -0.2) is 4.21 Å². The van der Waals surface area contributed by atoms with Gasteiger partial charge in [0.05, 0.1) is 16.3 Å². The lowest BCUT2D eigenvalue weighted by molar-refractivity contribution is 0.476. The number of rotatable bonds is 2. The highest BCUT2D eigenvalue weighted by molar-refractivity contribution is 7.88. The highest BCUT2D eigenvalue weighted by atomic mass is 32.2. The van der Waals surface area contributed by atoms with E-state index in [1.54, 1.807) is 18.2 Å². The van der Waals surface area contributed by atoms with Crippen molar-refractivity contribution in [2.24, 2.45) is 0 Å². The van der Waals surface area contributed by atoms with Gasteiger partial charge in [0.1, 0.15) is 10.8 Å². The Morgan fingerprint density at radius 3 is 2.93 bits per heavy atom. The number of aryl methyl sites for hydroxylation is 1. The third-order valence-corrected chi connectivity index (χ3v) is 3.46. The quantitative estimate of drug-likeness (QED) is 0.818. The molecule has 78 valence electrons. The third-order valence-electron chi connectivity index (χ3n) is 2.35. The van der Waals surface area contributed by atoms with Gasteiger partial charge in [0.25, 0.3) is 0 Å². The number of fused-ring (bicyclic) bond motifs is 1. The molecule has 3 nitrogen and oxygen atoms in total. The molecule has 0 radical (unpaired) electrons. The zero-order chi connectivity index (χ0) is 11.0. The van der Waals surface area contributed by atoms with Crippen LogP contribution in [0.5, 0.6) is 5.75 Å². The van der Waals surface area contributed by atoms with Crippen molar-refractivity contribution in [2.75, 3.05) is 0 Å². The molecule has 1 atom stereocenters. The predicted molar refractivity (Wildman–Crippen MR) is 61.3 cm³/mol. The number of nitrogens with one attached hydrogen (secondary N) is 1. The van der Waals surface area contributed by atoms with Crippen molar-refractivity contribution in [3.63, 3.8) is 0 Å². The number of phenols is 1. The van der Waals surface area contributed by atoms with E-state index >= 15 is 0 Å². The summed E-state index contributed by atoms with van der Waals surface area (Å²) in [6.07, 6.45) is 0. The van der Waals surface area contributed by atoms with Crippen LogP contribution in [0, 0.1) is 6.92 Å². The SMILES string of the molecule is C=CS(=O)c1[nH]c2cc(O)ccc2c1C. The number of benzene rings is 1. The molecule has 0 spiro atoms. The molecule has 2 rings (SSSR count). The van der Waals surface area contributed by atoms with Crippen molar-refractivity contribution in [2.45, 2.75) is 11.9 Å². The Bertz CT molecular complexity index is 557. The monoisotopic (exact) mass is 221 g/mol. The van der Waals surface area contributed by atoms with Crippen LogP contribution in [0.15, 0.2) is 35.2 Å². The fourth-order valence-electron chi connectivity index (χ4n) is 1.59. The fourth-order valence-corrected chi connectivity index (χ4v) is 2.37. The summed E-state index contributed by atoms with van der Waals surface area (Å²) in [4.78, 5) is 3.02. The molecule has 1 aromatic carbocycles. The topological polar surface area (TPSA) is 53.1 Å². The van der Waals surface area contributed by atoms with Gasteiger partial charge in [-0.3, -0.25) is 0 Å². The maximum absolute atomic E-state index is 11.6. The molecular formula is C11H11NO2S. The first-order chi connectivity index (χ1) is 7.13. The van der Waals surface area contributed by atoms with Gasteiger partial charge >= 0.3 is 0 Å². The van der Waals surface area contributed by atoms with Crippen LogP contribution in [0.2, 0.25) is 0 Å². The number of aromatic hydroxyl groups is 1. The van der Waals surface area contributed by atoms with E-state index in [0.717, 1.165) is 16.5 Å². The van der Waals surface area contributed by atoms with Gasteiger partial charge in [0, 0.05) is 16.9 Å². The number of aromatic nitrogens is 1. The van der Waals surface area contributed by atoms with E-state index in [2.05, 4.69) is 11.6 Å². The van der Waals surface area contributed by atoms with E-state index < -0.39 is 10.8 Å². The molecule has 15 heavy (non-hydrogen) atoms. The summed E-state index contributed by atoms with van der Waals surface area (Å²) in [5.74, 6) is 0.194. The van der Waals surface area contributed by atoms with Crippen molar-refractivity contribution < 1.29 is 9.32 Å². The van der Waals surface area contributed by atoms with E-state index in [9.17, 15) is 9.32 Å². The summed E-state index contributed by atoms with van der Waals surface area (Å²) in [5.41, 5.74) is 1.72. The number of hydrogen-bond acceptors (Lipinski definition) is 2. The summed E-state index contributed by atoms with van der Waals surface area (Å²) < 4.78 is 11.6. The average molecular weight is 221 g/mol. The average Bonchev–Trinajstić information content (AvgIpc) is 2.54. The van der Waals surface area contributed by atoms with Crippen LogP contribution >= 0.6 is 0 Å². The van der Waals surface area contributed by atoms with Crippen LogP contribution in [0.1, 0.15) is 5.56 Å². The second-order valence-corrected chi connectivity index (χ2v) is 4.61. The number of aromatic amines is 1. The Balaban J connectivity index is 2.74. The number of H-pyrrole nitrogens is 1. The Labute approximate surface area is 89.9 Å². The molecular weight excluding hydrogens is 210 g/mol. The zero-order valence-electron chi connectivity index (χ0n) is 8.28. The van der Waals surface area contributed by atoms with E-state index in [0.29, 0.717) is 5.03 Å². The van der Waals surface area contributed by atoms with Crippen LogP contribution in [-0.2, 0) is 10.8 Å². The molecule has 0 aliphatic rings. The standard InChI is InChI=1S/C11H11NO2S/c1-3-15(14)11-7(2)9-5-4-8(13)6-10(9)12-11/h3-6,12-13H,1H2,2H3. The summed E-state index contributed by atoms with van der Waals surface area (Å²) in [6.45, 7) is 5.39. The minimum absolute atomic E-state index is 0.194. The van der Waals surface area contributed by atoms with Crippen LogP contribution in [0.4, 0.5) is 0 Å². The lowest BCUT2D eigenvalue weighted by Gasteiger charge is -1.93. The van der Waals surface area contributed by atoms with E-state index in [1.165, 1.54) is 5.41 Å².